The summed E-state index contributed by atoms with van der Waals surface area (Å²) in [6.45, 7) is 0.949. The number of allylic oxidation sites excluding steroid dienone is 2. The molecule has 2 aromatic heterocycles. The minimum Gasteiger partial charge on any atom is -0.391 e. The molecule has 3 N–H and O–H groups in total. The number of quaternary nitrogens is 1. The lowest BCUT2D eigenvalue weighted by Gasteiger charge is -2.40. The zero-order valence-corrected chi connectivity index (χ0v) is 20.6. The van der Waals surface area contributed by atoms with Gasteiger partial charge in [0.25, 0.3) is 5.56 Å². The second kappa shape index (κ2) is 9.06. The standard InChI is InChI=1S/C27H27N7O3/c1-33-14-17(13-21(27(33)37)31-24-9-10-28-16-30-24)18-5-4-8-22(19(18)15-35)34-12-11-29-26(36)25(34)32-20-6-2-3-7-23(20)34/h4-5,8-10,13-14,16,35H,2-3,6-7,11-12,15H2,1H3,(H-,28,29,30,31,36)/p+1. The summed E-state index contributed by atoms with van der Waals surface area (Å²) in [5.41, 5.74) is 5.46. The Kier molecular flexibility index (Phi) is 5.69. The Hall–Kier alpha value is -4.15. The van der Waals surface area contributed by atoms with E-state index < -0.39 is 0 Å². The number of carbonyl (C=O) groups is 1. The number of anilines is 2. The number of aliphatic hydroxyl groups excluding tert-OH is 1. The first kappa shape index (κ1) is 23.3. The molecule has 0 radical (unpaired) electrons. The first-order valence-electron chi connectivity index (χ1n) is 12.5. The average Bonchev–Trinajstić information content (AvgIpc) is 3.28. The first-order valence-corrected chi connectivity index (χ1v) is 12.5. The third-order valence-electron chi connectivity index (χ3n) is 7.47. The molecule has 6 rings (SSSR count). The Labute approximate surface area is 213 Å². The van der Waals surface area contributed by atoms with Crippen LogP contribution in [0, 0.1) is 0 Å². The lowest BCUT2D eigenvalue weighted by atomic mass is 9.94. The molecule has 1 amide bonds. The zero-order chi connectivity index (χ0) is 25.6. The van der Waals surface area contributed by atoms with Crippen LogP contribution < -0.4 is 20.7 Å². The second-order valence-electron chi connectivity index (χ2n) is 9.56. The highest BCUT2D eigenvalue weighted by Gasteiger charge is 2.54. The van der Waals surface area contributed by atoms with E-state index in [-0.39, 0.29) is 22.6 Å². The predicted molar refractivity (Wildman–Crippen MR) is 141 cm³/mol. The van der Waals surface area contributed by atoms with Gasteiger partial charge in [-0.3, -0.25) is 9.59 Å². The molecule has 10 nitrogen and oxygen atoms in total. The number of pyridine rings is 1. The number of piperazine rings is 1. The maximum absolute atomic E-state index is 13.0. The average molecular weight is 499 g/mol. The maximum atomic E-state index is 13.0. The fourth-order valence-corrected chi connectivity index (χ4v) is 5.83. The van der Waals surface area contributed by atoms with Gasteiger partial charge in [-0.25, -0.2) is 14.5 Å². The number of nitrogens with zero attached hydrogens (tertiary/aromatic N) is 5. The van der Waals surface area contributed by atoms with Crippen LogP contribution >= 0.6 is 0 Å². The molecule has 10 heteroatoms. The molecule has 1 aromatic carbocycles. The van der Waals surface area contributed by atoms with Crippen molar-refractivity contribution < 1.29 is 9.90 Å². The van der Waals surface area contributed by atoms with Gasteiger partial charge in [0.05, 0.1) is 13.2 Å². The molecule has 3 aromatic rings. The normalized spacial score (nSPS) is 20.7. The molecule has 3 aliphatic rings. The summed E-state index contributed by atoms with van der Waals surface area (Å²) >= 11 is 0. The van der Waals surface area contributed by atoms with Gasteiger partial charge in [0.1, 0.15) is 35.8 Å². The van der Waals surface area contributed by atoms with Gasteiger partial charge in [0, 0.05) is 43.1 Å². The number of aryl methyl sites for hydroxylation is 1. The van der Waals surface area contributed by atoms with Crippen molar-refractivity contribution in [3.8, 4) is 11.1 Å². The van der Waals surface area contributed by atoms with Crippen molar-refractivity contribution in [3.05, 3.63) is 76.4 Å². The van der Waals surface area contributed by atoms with Crippen LogP contribution in [0.25, 0.3) is 11.1 Å². The zero-order valence-electron chi connectivity index (χ0n) is 20.6. The van der Waals surface area contributed by atoms with Gasteiger partial charge in [-0.15, -0.1) is 0 Å². The van der Waals surface area contributed by atoms with Gasteiger partial charge in [0.15, 0.2) is 5.69 Å². The molecule has 2 aliphatic heterocycles. The molecule has 0 bridgehead atoms. The summed E-state index contributed by atoms with van der Waals surface area (Å²) in [6, 6.07) is 9.35. The highest BCUT2D eigenvalue weighted by atomic mass is 16.3. The third kappa shape index (κ3) is 3.68. The van der Waals surface area contributed by atoms with Crippen molar-refractivity contribution in [2.24, 2.45) is 12.0 Å². The van der Waals surface area contributed by atoms with Crippen molar-refractivity contribution in [1.82, 2.24) is 24.3 Å². The van der Waals surface area contributed by atoms with Crippen LogP contribution in [-0.4, -0.2) is 44.5 Å². The van der Waals surface area contributed by atoms with E-state index in [4.69, 9.17) is 4.99 Å². The molecule has 0 spiro atoms. The van der Waals surface area contributed by atoms with Crippen LogP contribution in [0.1, 0.15) is 31.2 Å². The van der Waals surface area contributed by atoms with Crippen molar-refractivity contribution in [2.75, 3.05) is 18.4 Å². The highest BCUT2D eigenvalue weighted by Crippen LogP contribution is 2.46. The fourth-order valence-electron chi connectivity index (χ4n) is 5.83. The highest BCUT2D eigenvalue weighted by molar-refractivity contribution is 6.43. The van der Waals surface area contributed by atoms with Gasteiger partial charge < -0.3 is 20.3 Å². The molecular weight excluding hydrogens is 470 g/mol. The molecule has 0 saturated carbocycles. The van der Waals surface area contributed by atoms with Crippen LogP contribution in [0.4, 0.5) is 17.2 Å². The fraction of sp³-hybridized carbons (Fsp3) is 0.296. The Morgan fingerprint density at radius 2 is 2.05 bits per heavy atom. The first-order chi connectivity index (χ1) is 18.0. The number of amidine groups is 1. The summed E-state index contributed by atoms with van der Waals surface area (Å²) in [4.78, 5) is 38.9. The summed E-state index contributed by atoms with van der Waals surface area (Å²) in [6.07, 6.45) is 8.62. The SMILES string of the molecule is Cn1cc(-c2cccc([N+]34CCNC(=O)C3=NC3=C4CCCC3)c2CO)cc(Nc2ccncn2)c1=O. The Bertz CT molecular complexity index is 1520. The number of amides is 1. The number of fused-ring (bicyclic) bond motifs is 2. The number of aromatic nitrogens is 3. The van der Waals surface area contributed by atoms with Crippen LogP contribution in [0.3, 0.4) is 0 Å². The largest absolute Gasteiger partial charge is 0.391 e. The molecule has 1 fully saturated rings. The molecule has 37 heavy (non-hydrogen) atoms. The quantitative estimate of drug-likeness (QED) is 0.465. The Balaban J connectivity index is 1.52. The van der Waals surface area contributed by atoms with Crippen molar-refractivity contribution in [2.45, 2.75) is 32.3 Å². The molecule has 4 heterocycles. The van der Waals surface area contributed by atoms with Crippen LogP contribution in [0.5, 0.6) is 0 Å². The van der Waals surface area contributed by atoms with E-state index in [1.807, 2.05) is 18.2 Å². The van der Waals surface area contributed by atoms with Crippen molar-refractivity contribution >= 4 is 28.9 Å². The summed E-state index contributed by atoms with van der Waals surface area (Å²) < 4.78 is 1.78. The number of benzene rings is 1. The molecular formula is C27H28N7O3+. The number of carbonyl (C=O) groups excluding carboxylic acids is 1. The molecule has 1 saturated heterocycles. The van der Waals surface area contributed by atoms with Crippen LogP contribution in [0.2, 0.25) is 0 Å². The molecule has 1 atom stereocenters. The minimum atomic E-state index is -0.222. The van der Waals surface area contributed by atoms with Gasteiger partial charge in [-0.1, -0.05) is 12.1 Å². The topological polar surface area (TPSA) is 122 Å². The lowest BCUT2D eigenvalue weighted by Crippen LogP contribution is -2.64. The van der Waals surface area contributed by atoms with E-state index in [2.05, 4.69) is 20.6 Å². The van der Waals surface area contributed by atoms with Gasteiger partial charge in [-0.2, -0.15) is 4.99 Å². The Morgan fingerprint density at radius 1 is 1.19 bits per heavy atom. The summed E-state index contributed by atoms with van der Waals surface area (Å²) in [7, 11) is 1.69. The van der Waals surface area contributed by atoms with E-state index in [1.54, 1.807) is 31.6 Å². The minimum absolute atomic E-state index is 0.159. The number of nitrogens with one attached hydrogen (secondary N) is 2. The van der Waals surface area contributed by atoms with E-state index in [0.29, 0.717) is 30.4 Å². The van der Waals surface area contributed by atoms with E-state index >= 15 is 0 Å². The lowest BCUT2D eigenvalue weighted by molar-refractivity contribution is -0.116. The predicted octanol–water partition coefficient (Wildman–Crippen LogP) is 2.71. The van der Waals surface area contributed by atoms with Gasteiger partial charge in [-0.05, 0) is 37.0 Å². The summed E-state index contributed by atoms with van der Waals surface area (Å²) in [5, 5.41) is 16.8. The number of aliphatic hydroxyl groups is 1. The number of hydrogen-bond acceptors (Lipinski definition) is 7. The smallest absolute Gasteiger partial charge is 0.327 e. The maximum Gasteiger partial charge on any atom is 0.327 e. The van der Waals surface area contributed by atoms with Crippen LogP contribution in [-0.2, 0) is 18.4 Å². The molecule has 1 unspecified atom stereocenters. The Morgan fingerprint density at radius 3 is 2.86 bits per heavy atom. The second-order valence-corrected chi connectivity index (χ2v) is 9.56. The number of hydrogen-bond donors (Lipinski definition) is 3. The van der Waals surface area contributed by atoms with E-state index in [1.165, 1.54) is 10.9 Å². The third-order valence-corrected chi connectivity index (χ3v) is 7.47. The molecule has 1 aliphatic carbocycles. The van der Waals surface area contributed by atoms with Crippen molar-refractivity contribution in [1.29, 1.82) is 0 Å². The monoisotopic (exact) mass is 498 g/mol. The van der Waals surface area contributed by atoms with E-state index in [9.17, 15) is 14.7 Å². The summed E-state index contributed by atoms with van der Waals surface area (Å²) in [5.74, 6) is 0.831. The van der Waals surface area contributed by atoms with Gasteiger partial charge >= 0.3 is 11.7 Å². The molecule has 188 valence electrons. The van der Waals surface area contributed by atoms with Gasteiger partial charge in [0.2, 0.25) is 0 Å². The van der Waals surface area contributed by atoms with Crippen LogP contribution in [0.15, 0.2) is 70.2 Å². The van der Waals surface area contributed by atoms with Crippen molar-refractivity contribution in [3.63, 3.8) is 0 Å². The van der Waals surface area contributed by atoms with E-state index in [0.717, 1.165) is 59.5 Å². The number of aliphatic imine (C=N–C) groups is 1. The number of rotatable bonds is 5.